The van der Waals surface area contributed by atoms with Crippen LogP contribution in [0.1, 0.15) is 30.3 Å². The van der Waals surface area contributed by atoms with Gasteiger partial charge in [0, 0.05) is 11.0 Å². The van der Waals surface area contributed by atoms with Crippen molar-refractivity contribution in [2.24, 2.45) is 5.92 Å². The van der Waals surface area contributed by atoms with Gasteiger partial charge in [0.15, 0.2) is 0 Å². The van der Waals surface area contributed by atoms with Gasteiger partial charge in [-0.15, -0.1) is 11.3 Å². The number of benzene rings is 1. The molecule has 0 unspecified atom stereocenters. The monoisotopic (exact) mass is 285 g/mol. The lowest BCUT2D eigenvalue weighted by molar-refractivity contribution is -0.117. The first-order valence-electron chi connectivity index (χ1n) is 6.74. The van der Waals surface area contributed by atoms with Gasteiger partial charge in [0.2, 0.25) is 5.91 Å². The lowest BCUT2D eigenvalue weighted by atomic mass is 10.0. The first-order valence-corrected chi connectivity index (χ1v) is 7.62. The standard InChI is InChI=1S/C17H19NOS/c1-13(2)17(15-9-6-12-20-15)18-16(19)11-10-14-7-4-3-5-8-14/h3-13,17H,1-2H3,(H,18,19)/b11-10+/t17-/m1/s1. The van der Waals surface area contributed by atoms with Crippen molar-refractivity contribution in [1.82, 2.24) is 5.32 Å². The van der Waals surface area contributed by atoms with Crippen LogP contribution in [0.5, 0.6) is 0 Å². The van der Waals surface area contributed by atoms with E-state index in [1.807, 2.05) is 47.9 Å². The average Bonchev–Trinajstić information content (AvgIpc) is 2.97. The summed E-state index contributed by atoms with van der Waals surface area (Å²) >= 11 is 1.68. The lowest BCUT2D eigenvalue weighted by Crippen LogP contribution is -2.29. The zero-order valence-corrected chi connectivity index (χ0v) is 12.6. The summed E-state index contributed by atoms with van der Waals surface area (Å²) in [5.74, 6) is 0.309. The Hall–Kier alpha value is -1.87. The molecule has 104 valence electrons. The van der Waals surface area contributed by atoms with Crippen LogP contribution in [0.4, 0.5) is 0 Å². The fraction of sp³-hybridized carbons (Fsp3) is 0.235. The Balaban J connectivity index is 2.01. The van der Waals surface area contributed by atoms with Crippen molar-refractivity contribution in [3.05, 3.63) is 64.4 Å². The van der Waals surface area contributed by atoms with Crippen molar-refractivity contribution >= 4 is 23.3 Å². The average molecular weight is 285 g/mol. The van der Waals surface area contributed by atoms with E-state index in [1.165, 1.54) is 4.88 Å². The van der Waals surface area contributed by atoms with Crippen molar-refractivity contribution in [3.63, 3.8) is 0 Å². The van der Waals surface area contributed by atoms with E-state index < -0.39 is 0 Å². The second kappa shape index (κ2) is 7.06. The predicted octanol–water partition coefficient (Wildman–Crippen LogP) is 4.27. The van der Waals surface area contributed by atoms with E-state index in [0.717, 1.165) is 5.56 Å². The maximum atomic E-state index is 12.0. The third kappa shape index (κ3) is 4.07. The maximum absolute atomic E-state index is 12.0. The molecule has 20 heavy (non-hydrogen) atoms. The molecule has 1 amide bonds. The van der Waals surface area contributed by atoms with Gasteiger partial charge in [-0.2, -0.15) is 0 Å². The Morgan fingerprint density at radius 1 is 1.15 bits per heavy atom. The highest BCUT2D eigenvalue weighted by atomic mass is 32.1. The van der Waals surface area contributed by atoms with Gasteiger partial charge in [-0.05, 0) is 29.0 Å². The van der Waals surface area contributed by atoms with Crippen LogP contribution in [0.3, 0.4) is 0 Å². The van der Waals surface area contributed by atoms with E-state index in [0.29, 0.717) is 5.92 Å². The Morgan fingerprint density at radius 2 is 1.90 bits per heavy atom. The highest BCUT2D eigenvalue weighted by molar-refractivity contribution is 7.10. The Morgan fingerprint density at radius 3 is 2.50 bits per heavy atom. The van der Waals surface area contributed by atoms with Gasteiger partial charge >= 0.3 is 0 Å². The molecule has 0 radical (unpaired) electrons. The molecule has 0 bridgehead atoms. The topological polar surface area (TPSA) is 29.1 Å². The van der Waals surface area contributed by atoms with Crippen LogP contribution in [0.15, 0.2) is 53.9 Å². The van der Waals surface area contributed by atoms with E-state index in [4.69, 9.17) is 0 Å². The van der Waals surface area contributed by atoms with Crippen molar-refractivity contribution in [1.29, 1.82) is 0 Å². The van der Waals surface area contributed by atoms with Crippen molar-refractivity contribution in [3.8, 4) is 0 Å². The number of thiophene rings is 1. The summed E-state index contributed by atoms with van der Waals surface area (Å²) in [6, 6.07) is 14.0. The molecule has 1 heterocycles. The molecule has 2 aromatic rings. The smallest absolute Gasteiger partial charge is 0.244 e. The number of hydrogen-bond donors (Lipinski definition) is 1. The molecular weight excluding hydrogens is 266 g/mol. The molecule has 1 atom stereocenters. The lowest BCUT2D eigenvalue weighted by Gasteiger charge is -2.20. The van der Waals surface area contributed by atoms with Crippen LogP contribution >= 0.6 is 11.3 Å². The first kappa shape index (κ1) is 14.5. The third-order valence-electron chi connectivity index (χ3n) is 3.04. The van der Waals surface area contributed by atoms with Crippen LogP contribution in [-0.4, -0.2) is 5.91 Å². The van der Waals surface area contributed by atoms with Crippen molar-refractivity contribution in [2.45, 2.75) is 19.9 Å². The summed E-state index contributed by atoms with van der Waals surface area (Å²) in [6.07, 6.45) is 3.43. The van der Waals surface area contributed by atoms with Crippen LogP contribution in [-0.2, 0) is 4.79 Å². The number of nitrogens with one attached hydrogen (secondary N) is 1. The molecule has 0 spiro atoms. The summed E-state index contributed by atoms with van der Waals surface area (Å²) in [6.45, 7) is 4.23. The number of hydrogen-bond acceptors (Lipinski definition) is 2. The molecular formula is C17H19NOS. The van der Waals surface area contributed by atoms with Gasteiger partial charge in [0.25, 0.3) is 0 Å². The number of carbonyl (C=O) groups is 1. The minimum absolute atomic E-state index is 0.0547. The Labute approximate surface area is 124 Å². The molecule has 2 rings (SSSR count). The fourth-order valence-corrected chi connectivity index (χ4v) is 2.92. The van der Waals surface area contributed by atoms with Crippen LogP contribution in [0.2, 0.25) is 0 Å². The van der Waals surface area contributed by atoms with E-state index in [-0.39, 0.29) is 11.9 Å². The van der Waals surface area contributed by atoms with Gasteiger partial charge in [-0.3, -0.25) is 4.79 Å². The largest absolute Gasteiger partial charge is 0.345 e. The van der Waals surface area contributed by atoms with Crippen LogP contribution in [0.25, 0.3) is 6.08 Å². The van der Waals surface area contributed by atoms with Gasteiger partial charge in [-0.25, -0.2) is 0 Å². The van der Waals surface area contributed by atoms with Crippen molar-refractivity contribution < 1.29 is 4.79 Å². The van der Waals surface area contributed by atoms with Gasteiger partial charge in [-0.1, -0.05) is 50.2 Å². The summed E-state index contributed by atoms with van der Waals surface area (Å²) in [4.78, 5) is 13.2. The van der Waals surface area contributed by atoms with E-state index >= 15 is 0 Å². The Bertz CT molecular complexity index is 558. The molecule has 1 N–H and O–H groups in total. The molecule has 0 fully saturated rings. The summed E-state index contributed by atoms with van der Waals surface area (Å²) < 4.78 is 0. The highest BCUT2D eigenvalue weighted by Gasteiger charge is 2.17. The number of amides is 1. The highest BCUT2D eigenvalue weighted by Crippen LogP contribution is 2.25. The van der Waals surface area contributed by atoms with E-state index in [1.54, 1.807) is 17.4 Å². The molecule has 0 aliphatic heterocycles. The SMILES string of the molecule is CC(C)[C@@H](NC(=O)/C=C/c1ccccc1)c1cccs1. The number of carbonyl (C=O) groups excluding carboxylic acids is 1. The Kier molecular flexibility index (Phi) is 5.13. The third-order valence-corrected chi connectivity index (χ3v) is 4.00. The van der Waals surface area contributed by atoms with Gasteiger partial charge < -0.3 is 5.32 Å². The van der Waals surface area contributed by atoms with E-state index in [2.05, 4.69) is 25.2 Å². The molecule has 2 nitrogen and oxygen atoms in total. The quantitative estimate of drug-likeness (QED) is 0.816. The maximum Gasteiger partial charge on any atom is 0.244 e. The molecule has 0 aliphatic carbocycles. The predicted molar refractivity (Wildman–Crippen MR) is 85.5 cm³/mol. The fourth-order valence-electron chi connectivity index (χ4n) is 1.97. The molecule has 0 aliphatic rings. The van der Waals surface area contributed by atoms with Gasteiger partial charge in [0.1, 0.15) is 0 Å². The van der Waals surface area contributed by atoms with Crippen LogP contribution in [0, 0.1) is 5.92 Å². The molecule has 0 saturated carbocycles. The minimum atomic E-state index is -0.0547. The van der Waals surface area contributed by atoms with Crippen molar-refractivity contribution in [2.75, 3.05) is 0 Å². The summed E-state index contributed by atoms with van der Waals surface area (Å²) in [5, 5.41) is 5.11. The van der Waals surface area contributed by atoms with E-state index in [9.17, 15) is 4.79 Å². The summed E-state index contributed by atoms with van der Waals surface area (Å²) in [5.41, 5.74) is 1.03. The van der Waals surface area contributed by atoms with Gasteiger partial charge in [0.05, 0.1) is 6.04 Å². The molecule has 0 saturated heterocycles. The second-order valence-corrected chi connectivity index (χ2v) is 5.97. The first-order chi connectivity index (χ1) is 9.66. The molecule has 1 aromatic heterocycles. The minimum Gasteiger partial charge on any atom is -0.345 e. The zero-order chi connectivity index (χ0) is 14.4. The normalized spacial score (nSPS) is 12.8. The summed E-state index contributed by atoms with van der Waals surface area (Å²) in [7, 11) is 0. The second-order valence-electron chi connectivity index (χ2n) is 4.99. The van der Waals surface area contributed by atoms with Crippen LogP contribution < -0.4 is 5.32 Å². The molecule has 1 aromatic carbocycles. The molecule has 3 heteroatoms. The number of rotatable bonds is 5. The zero-order valence-electron chi connectivity index (χ0n) is 11.7.